The summed E-state index contributed by atoms with van der Waals surface area (Å²) in [5.41, 5.74) is 3.93. The normalized spacial score (nSPS) is 10.5. The molecule has 1 aromatic carbocycles. The molecule has 0 saturated heterocycles. The standard InChI is InChI=1S/C12H14N4O3/c1-3-7-4-8-5-9(16(17)18)6-10(19-2)11(8)14-12(7)15-13/h4-6H,3,13H2,1-2H3,(H,14,15). The SMILES string of the molecule is CCc1cc2cc([N+](=O)[O-])cc(OC)c2nc1NN. The zero-order valence-corrected chi connectivity index (χ0v) is 10.6. The van der Waals surface area contributed by atoms with Crippen molar-refractivity contribution in [2.75, 3.05) is 12.5 Å². The molecule has 7 heteroatoms. The van der Waals surface area contributed by atoms with Crippen LogP contribution in [0.5, 0.6) is 5.75 Å². The molecule has 0 saturated carbocycles. The molecule has 1 aromatic heterocycles. The van der Waals surface area contributed by atoms with Crippen LogP contribution in [0.4, 0.5) is 11.5 Å². The van der Waals surface area contributed by atoms with Crippen LogP contribution in [0.25, 0.3) is 10.9 Å². The molecule has 0 aliphatic carbocycles. The number of nitrogens with two attached hydrogens (primary N) is 1. The Labute approximate surface area is 109 Å². The number of nitro groups is 1. The lowest BCUT2D eigenvalue weighted by molar-refractivity contribution is -0.384. The number of nitrogens with one attached hydrogen (secondary N) is 1. The average molecular weight is 262 g/mol. The van der Waals surface area contributed by atoms with Gasteiger partial charge in [0.15, 0.2) is 5.75 Å². The monoisotopic (exact) mass is 262 g/mol. The maximum atomic E-state index is 10.9. The van der Waals surface area contributed by atoms with Crippen molar-refractivity contribution in [1.82, 2.24) is 4.98 Å². The van der Waals surface area contributed by atoms with E-state index in [9.17, 15) is 10.1 Å². The van der Waals surface area contributed by atoms with E-state index < -0.39 is 4.92 Å². The Balaban J connectivity index is 2.78. The first-order chi connectivity index (χ1) is 9.10. The van der Waals surface area contributed by atoms with Crippen LogP contribution in [0.3, 0.4) is 0 Å². The van der Waals surface area contributed by atoms with E-state index in [0.717, 1.165) is 5.56 Å². The number of hydrogen-bond acceptors (Lipinski definition) is 6. The van der Waals surface area contributed by atoms with Crippen molar-refractivity contribution in [3.63, 3.8) is 0 Å². The Kier molecular flexibility index (Phi) is 3.48. The molecule has 3 N–H and O–H groups in total. The van der Waals surface area contributed by atoms with Crippen molar-refractivity contribution in [2.24, 2.45) is 5.84 Å². The number of nitrogen functional groups attached to an aromatic ring is 1. The number of methoxy groups -OCH3 is 1. The number of hydrogen-bond donors (Lipinski definition) is 2. The molecule has 0 radical (unpaired) electrons. The summed E-state index contributed by atoms with van der Waals surface area (Å²) in [5, 5.41) is 11.5. The number of nitrogens with zero attached hydrogens (tertiary/aromatic N) is 2. The zero-order valence-electron chi connectivity index (χ0n) is 10.6. The lowest BCUT2D eigenvalue weighted by Crippen LogP contribution is -2.11. The number of aromatic nitrogens is 1. The number of hydrazine groups is 1. The van der Waals surface area contributed by atoms with Crippen LogP contribution >= 0.6 is 0 Å². The second kappa shape index (κ2) is 5.07. The van der Waals surface area contributed by atoms with Crippen LogP contribution < -0.4 is 16.0 Å². The topological polar surface area (TPSA) is 103 Å². The summed E-state index contributed by atoms with van der Waals surface area (Å²) >= 11 is 0. The van der Waals surface area contributed by atoms with Crippen LogP contribution in [0, 0.1) is 10.1 Å². The van der Waals surface area contributed by atoms with Gasteiger partial charge in [-0.2, -0.15) is 0 Å². The van der Waals surface area contributed by atoms with Crippen molar-refractivity contribution in [3.05, 3.63) is 33.9 Å². The summed E-state index contributed by atoms with van der Waals surface area (Å²) in [6.45, 7) is 1.96. The molecule has 0 fully saturated rings. The number of nitro benzene ring substituents is 1. The van der Waals surface area contributed by atoms with Gasteiger partial charge in [-0.15, -0.1) is 0 Å². The zero-order chi connectivity index (χ0) is 14.0. The first-order valence-electron chi connectivity index (χ1n) is 5.73. The third-order valence-corrected chi connectivity index (χ3v) is 2.90. The lowest BCUT2D eigenvalue weighted by atomic mass is 10.1. The lowest BCUT2D eigenvalue weighted by Gasteiger charge is -2.10. The largest absolute Gasteiger partial charge is 0.494 e. The Morgan fingerprint density at radius 2 is 2.21 bits per heavy atom. The van der Waals surface area contributed by atoms with Gasteiger partial charge in [0, 0.05) is 11.5 Å². The van der Waals surface area contributed by atoms with Gasteiger partial charge in [-0.05, 0) is 18.1 Å². The Morgan fingerprint density at radius 1 is 1.47 bits per heavy atom. The molecule has 0 unspecified atom stereocenters. The fourth-order valence-corrected chi connectivity index (χ4v) is 1.94. The second-order valence-electron chi connectivity index (χ2n) is 3.97. The minimum Gasteiger partial charge on any atom is -0.494 e. The van der Waals surface area contributed by atoms with E-state index >= 15 is 0 Å². The van der Waals surface area contributed by atoms with Gasteiger partial charge in [0.25, 0.3) is 5.69 Å². The molecule has 1 heterocycles. The molecule has 0 amide bonds. The van der Waals surface area contributed by atoms with Crippen molar-refractivity contribution in [3.8, 4) is 5.75 Å². The number of ether oxygens (including phenoxy) is 1. The Morgan fingerprint density at radius 3 is 2.74 bits per heavy atom. The Bertz CT molecular complexity index is 642. The van der Waals surface area contributed by atoms with Gasteiger partial charge in [0.05, 0.1) is 18.1 Å². The fourth-order valence-electron chi connectivity index (χ4n) is 1.94. The molecule has 100 valence electrons. The summed E-state index contributed by atoms with van der Waals surface area (Å²) in [5.74, 6) is 6.32. The number of rotatable bonds is 4. The summed E-state index contributed by atoms with van der Waals surface area (Å²) in [6, 6.07) is 4.65. The van der Waals surface area contributed by atoms with Crippen molar-refractivity contribution in [1.29, 1.82) is 0 Å². The molecule has 7 nitrogen and oxygen atoms in total. The van der Waals surface area contributed by atoms with Crippen molar-refractivity contribution >= 4 is 22.4 Å². The Hall–Kier alpha value is -2.41. The summed E-state index contributed by atoms with van der Waals surface area (Å²) < 4.78 is 5.16. The highest BCUT2D eigenvalue weighted by Crippen LogP contribution is 2.32. The molecule has 2 aromatic rings. The molecular formula is C12H14N4O3. The third-order valence-electron chi connectivity index (χ3n) is 2.90. The number of aryl methyl sites for hydroxylation is 1. The minimum absolute atomic E-state index is 0.0262. The third kappa shape index (κ3) is 2.27. The first kappa shape index (κ1) is 13.0. The predicted molar refractivity (Wildman–Crippen MR) is 72.1 cm³/mol. The van der Waals surface area contributed by atoms with Crippen molar-refractivity contribution in [2.45, 2.75) is 13.3 Å². The van der Waals surface area contributed by atoms with E-state index in [1.807, 2.05) is 13.0 Å². The molecule has 0 bridgehead atoms. The van der Waals surface area contributed by atoms with Crippen LogP contribution in [0.1, 0.15) is 12.5 Å². The average Bonchev–Trinajstić information content (AvgIpc) is 2.44. The molecule has 0 aliphatic heterocycles. The van der Waals surface area contributed by atoms with Crippen LogP contribution in [-0.2, 0) is 6.42 Å². The maximum Gasteiger partial charge on any atom is 0.273 e. The number of fused-ring (bicyclic) bond motifs is 1. The van der Waals surface area contributed by atoms with Gasteiger partial charge < -0.3 is 10.2 Å². The maximum absolute atomic E-state index is 10.9. The molecule has 0 aliphatic rings. The minimum atomic E-state index is -0.456. The highest BCUT2D eigenvalue weighted by atomic mass is 16.6. The van der Waals surface area contributed by atoms with E-state index in [-0.39, 0.29) is 5.69 Å². The predicted octanol–water partition coefficient (Wildman–Crippen LogP) is 2.00. The van der Waals surface area contributed by atoms with Crippen LogP contribution in [-0.4, -0.2) is 17.0 Å². The van der Waals surface area contributed by atoms with Crippen LogP contribution in [0.2, 0.25) is 0 Å². The summed E-state index contributed by atoms with van der Waals surface area (Å²) in [7, 11) is 1.45. The fraction of sp³-hybridized carbons (Fsp3) is 0.250. The molecule has 19 heavy (non-hydrogen) atoms. The summed E-state index contributed by atoms with van der Waals surface area (Å²) in [4.78, 5) is 14.8. The van der Waals surface area contributed by atoms with E-state index in [1.54, 1.807) is 0 Å². The molecule has 2 rings (SSSR count). The second-order valence-corrected chi connectivity index (χ2v) is 3.97. The first-order valence-corrected chi connectivity index (χ1v) is 5.73. The summed E-state index contributed by atoms with van der Waals surface area (Å²) in [6.07, 6.45) is 0.716. The number of anilines is 1. The number of non-ortho nitro benzene ring substituents is 1. The van der Waals surface area contributed by atoms with Crippen LogP contribution in [0.15, 0.2) is 18.2 Å². The van der Waals surface area contributed by atoms with Gasteiger partial charge in [-0.3, -0.25) is 10.1 Å². The highest BCUT2D eigenvalue weighted by molar-refractivity contribution is 5.89. The smallest absolute Gasteiger partial charge is 0.273 e. The molecular weight excluding hydrogens is 248 g/mol. The van der Waals surface area contributed by atoms with E-state index in [1.165, 1.54) is 19.2 Å². The van der Waals surface area contributed by atoms with Gasteiger partial charge in [-0.25, -0.2) is 10.8 Å². The number of benzene rings is 1. The number of pyridine rings is 1. The van der Waals surface area contributed by atoms with Gasteiger partial charge in [0.1, 0.15) is 11.3 Å². The van der Waals surface area contributed by atoms with E-state index in [4.69, 9.17) is 10.6 Å². The van der Waals surface area contributed by atoms with Gasteiger partial charge in [0.2, 0.25) is 0 Å². The molecule has 0 atom stereocenters. The van der Waals surface area contributed by atoms with Crippen molar-refractivity contribution < 1.29 is 9.66 Å². The van der Waals surface area contributed by atoms with Gasteiger partial charge >= 0.3 is 0 Å². The van der Waals surface area contributed by atoms with E-state index in [0.29, 0.717) is 28.9 Å². The highest BCUT2D eigenvalue weighted by Gasteiger charge is 2.15. The van der Waals surface area contributed by atoms with E-state index in [2.05, 4.69) is 10.4 Å². The molecule has 0 spiro atoms. The van der Waals surface area contributed by atoms with Gasteiger partial charge in [-0.1, -0.05) is 6.92 Å². The quantitative estimate of drug-likeness (QED) is 0.496.